The minimum Gasteiger partial charge on any atom is -0.493 e. The molecule has 0 aliphatic carbocycles. The highest BCUT2D eigenvalue weighted by molar-refractivity contribution is 7.89. The Morgan fingerprint density at radius 3 is 2.64 bits per heavy atom. The van der Waals surface area contributed by atoms with Crippen LogP contribution in [0.1, 0.15) is 47.9 Å². The molecule has 0 unspecified atom stereocenters. The second-order valence-electron chi connectivity index (χ2n) is 8.96. The monoisotopic (exact) mass is 512 g/mol. The number of carboxylic acid groups (broad SMARTS) is 1. The lowest BCUT2D eigenvalue weighted by Crippen LogP contribution is -2.38. The SMILES string of the molecule is CCCS(=O)(=O)N1CCc2c(OCCc3nc(-c4ccccc4)oc3C)ccc(CCC(=O)O)c2C1. The summed E-state index contributed by atoms with van der Waals surface area (Å²) in [5.74, 6) is 1.26. The zero-order valence-electron chi connectivity index (χ0n) is 20.7. The summed E-state index contributed by atoms with van der Waals surface area (Å²) in [4.78, 5) is 15.8. The summed E-state index contributed by atoms with van der Waals surface area (Å²) in [5, 5.41) is 9.16. The number of sulfonamides is 1. The minimum atomic E-state index is -3.36. The lowest BCUT2D eigenvalue weighted by Gasteiger charge is -2.31. The van der Waals surface area contributed by atoms with Crippen LogP contribution in [-0.2, 0) is 40.6 Å². The van der Waals surface area contributed by atoms with Crippen LogP contribution in [-0.4, -0.2) is 47.7 Å². The smallest absolute Gasteiger partial charge is 0.303 e. The zero-order valence-corrected chi connectivity index (χ0v) is 21.5. The molecule has 0 saturated carbocycles. The van der Waals surface area contributed by atoms with Crippen LogP contribution in [0.25, 0.3) is 11.5 Å². The molecule has 0 fully saturated rings. The zero-order chi connectivity index (χ0) is 25.7. The third-order valence-corrected chi connectivity index (χ3v) is 8.43. The van der Waals surface area contributed by atoms with Gasteiger partial charge in [0.25, 0.3) is 0 Å². The summed E-state index contributed by atoms with van der Waals surface area (Å²) in [6.45, 7) is 4.75. The van der Waals surface area contributed by atoms with Gasteiger partial charge in [-0.15, -0.1) is 0 Å². The number of hydrogen-bond acceptors (Lipinski definition) is 6. The molecule has 0 saturated heterocycles. The van der Waals surface area contributed by atoms with Crippen LogP contribution in [0.2, 0.25) is 0 Å². The Balaban J connectivity index is 1.51. The van der Waals surface area contributed by atoms with Gasteiger partial charge in [-0.3, -0.25) is 4.79 Å². The number of nitrogens with zero attached hydrogens (tertiary/aromatic N) is 2. The van der Waals surface area contributed by atoms with Gasteiger partial charge in [0.15, 0.2) is 0 Å². The van der Waals surface area contributed by atoms with E-state index in [1.165, 1.54) is 4.31 Å². The van der Waals surface area contributed by atoms with Crippen molar-refractivity contribution >= 4 is 16.0 Å². The Kier molecular flexibility index (Phi) is 8.11. The molecule has 2 aromatic carbocycles. The average molecular weight is 513 g/mol. The fraction of sp³-hybridized carbons (Fsp3) is 0.407. The lowest BCUT2D eigenvalue weighted by atomic mass is 9.92. The standard InChI is InChI=1S/C27H32N2O6S/c1-3-17-36(32,33)29-15-13-22-23(18-29)20(10-12-26(30)31)9-11-25(22)34-16-14-24-19(2)35-27(28-24)21-7-5-4-6-8-21/h4-9,11H,3,10,12-18H2,1-2H3,(H,30,31). The number of aryl methyl sites for hydroxylation is 2. The number of hydrogen-bond donors (Lipinski definition) is 1. The average Bonchev–Trinajstić information content (AvgIpc) is 3.23. The van der Waals surface area contributed by atoms with Crippen molar-refractivity contribution in [3.8, 4) is 17.2 Å². The molecule has 1 aliphatic rings. The van der Waals surface area contributed by atoms with Gasteiger partial charge in [0.2, 0.25) is 15.9 Å². The van der Waals surface area contributed by atoms with Crippen LogP contribution in [0.3, 0.4) is 0 Å². The van der Waals surface area contributed by atoms with E-state index in [0.717, 1.165) is 33.7 Å². The van der Waals surface area contributed by atoms with Gasteiger partial charge in [-0.1, -0.05) is 31.2 Å². The van der Waals surface area contributed by atoms with Crippen LogP contribution >= 0.6 is 0 Å². The molecule has 36 heavy (non-hydrogen) atoms. The van der Waals surface area contributed by atoms with Crippen molar-refractivity contribution in [2.75, 3.05) is 18.9 Å². The van der Waals surface area contributed by atoms with Crippen molar-refractivity contribution in [3.05, 3.63) is 70.6 Å². The number of aromatic nitrogens is 1. The molecule has 8 nitrogen and oxygen atoms in total. The maximum absolute atomic E-state index is 12.7. The predicted molar refractivity (Wildman–Crippen MR) is 136 cm³/mol. The van der Waals surface area contributed by atoms with E-state index in [1.54, 1.807) is 0 Å². The molecule has 0 radical (unpaired) electrons. The second kappa shape index (κ2) is 11.3. The number of carboxylic acids is 1. The van der Waals surface area contributed by atoms with Crippen molar-refractivity contribution in [2.45, 2.75) is 52.5 Å². The maximum atomic E-state index is 12.7. The second-order valence-corrected chi connectivity index (χ2v) is 11.0. The number of carbonyl (C=O) groups is 1. The summed E-state index contributed by atoms with van der Waals surface area (Å²) >= 11 is 0. The number of benzene rings is 2. The quantitative estimate of drug-likeness (QED) is 0.406. The molecular formula is C27H32N2O6S. The van der Waals surface area contributed by atoms with Gasteiger partial charge in [0.1, 0.15) is 11.5 Å². The number of ether oxygens (including phenoxy) is 1. The first-order valence-corrected chi connectivity index (χ1v) is 13.9. The highest BCUT2D eigenvalue weighted by Crippen LogP contribution is 2.33. The van der Waals surface area contributed by atoms with Gasteiger partial charge in [0.05, 0.1) is 18.1 Å². The van der Waals surface area contributed by atoms with E-state index < -0.39 is 16.0 Å². The molecule has 1 aliphatic heterocycles. The Morgan fingerprint density at radius 2 is 1.92 bits per heavy atom. The third-order valence-electron chi connectivity index (χ3n) is 6.40. The van der Waals surface area contributed by atoms with Crippen molar-refractivity contribution in [1.82, 2.24) is 9.29 Å². The largest absolute Gasteiger partial charge is 0.493 e. The van der Waals surface area contributed by atoms with Gasteiger partial charge >= 0.3 is 5.97 Å². The third kappa shape index (κ3) is 5.96. The van der Waals surface area contributed by atoms with E-state index in [0.29, 0.717) is 50.5 Å². The van der Waals surface area contributed by atoms with Crippen molar-refractivity contribution < 1.29 is 27.5 Å². The van der Waals surface area contributed by atoms with Crippen LogP contribution in [0.15, 0.2) is 46.9 Å². The van der Waals surface area contributed by atoms with E-state index in [9.17, 15) is 13.2 Å². The summed E-state index contributed by atoms with van der Waals surface area (Å²) in [5.41, 5.74) is 4.43. The molecule has 0 atom stereocenters. The Hall–Kier alpha value is -3.17. The Bertz CT molecular complexity index is 1320. The topological polar surface area (TPSA) is 110 Å². The van der Waals surface area contributed by atoms with E-state index in [2.05, 4.69) is 4.98 Å². The first-order valence-electron chi connectivity index (χ1n) is 12.3. The van der Waals surface area contributed by atoms with E-state index in [1.807, 2.05) is 56.3 Å². The minimum absolute atomic E-state index is 0.0104. The summed E-state index contributed by atoms with van der Waals surface area (Å²) < 4.78 is 38.9. The van der Waals surface area contributed by atoms with Gasteiger partial charge in [-0.25, -0.2) is 13.4 Å². The molecule has 0 amide bonds. The first kappa shape index (κ1) is 25.9. The number of rotatable bonds is 11. The van der Waals surface area contributed by atoms with Gasteiger partial charge in [-0.05, 0) is 55.5 Å². The Labute approximate surface area is 212 Å². The number of oxazole rings is 1. The molecular weight excluding hydrogens is 480 g/mol. The van der Waals surface area contributed by atoms with Crippen LogP contribution in [0, 0.1) is 6.92 Å². The number of fused-ring (bicyclic) bond motifs is 1. The highest BCUT2D eigenvalue weighted by atomic mass is 32.2. The van der Waals surface area contributed by atoms with Crippen molar-refractivity contribution in [3.63, 3.8) is 0 Å². The molecule has 0 spiro atoms. The molecule has 4 rings (SSSR count). The van der Waals surface area contributed by atoms with Gasteiger partial charge < -0.3 is 14.3 Å². The fourth-order valence-electron chi connectivity index (χ4n) is 4.54. The maximum Gasteiger partial charge on any atom is 0.303 e. The van der Waals surface area contributed by atoms with Crippen LogP contribution < -0.4 is 4.74 Å². The predicted octanol–water partition coefficient (Wildman–Crippen LogP) is 4.39. The summed E-state index contributed by atoms with van der Waals surface area (Å²) in [7, 11) is -3.36. The first-order chi connectivity index (χ1) is 17.3. The molecule has 0 bridgehead atoms. The normalized spacial score (nSPS) is 13.9. The van der Waals surface area contributed by atoms with E-state index >= 15 is 0 Å². The van der Waals surface area contributed by atoms with Crippen molar-refractivity contribution in [2.24, 2.45) is 0 Å². The molecule has 192 valence electrons. The fourth-order valence-corrected chi connectivity index (χ4v) is 6.01. The van der Waals surface area contributed by atoms with Gasteiger partial charge in [-0.2, -0.15) is 4.31 Å². The van der Waals surface area contributed by atoms with Crippen molar-refractivity contribution in [1.29, 1.82) is 0 Å². The summed E-state index contributed by atoms with van der Waals surface area (Å²) in [6.07, 6.45) is 1.97. The Morgan fingerprint density at radius 1 is 1.14 bits per heavy atom. The van der Waals surface area contributed by atoms with Crippen LogP contribution in [0.5, 0.6) is 5.75 Å². The molecule has 2 heterocycles. The van der Waals surface area contributed by atoms with Crippen LogP contribution in [0.4, 0.5) is 0 Å². The molecule has 9 heteroatoms. The molecule has 1 aromatic heterocycles. The highest BCUT2D eigenvalue weighted by Gasteiger charge is 2.29. The number of aliphatic carboxylic acids is 1. The van der Waals surface area contributed by atoms with E-state index in [4.69, 9.17) is 14.3 Å². The molecule has 3 aromatic rings. The van der Waals surface area contributed by atoms with E-state index in [-0.39, 0.29) is 18.7 Å². The van der Waals surface area contributed by atoms with Gasteiger partial charge in [0, 0.05) is 37.1 Å². The lowest BCUT2D eigenvalue weighted by molar-refractivity contribution is -0.136. The molecule has 1 N–H and O–H groups in total. The summed E-state index contributed by atoms with van der Waals surface area (Å²) in [6, 6.07) is 13.5.